The van der Waals surface area contributed by atoms with Gasteiger partial charge in [0, 0.05) is 11.9 Å². The summed E-state index contributed by atoms with van der Waals surface area (Å²) in [5.74, 6) is 0. The number of nitrogens with two attached hydrogens (primary N) is 1. The zero-order chi connectivity index (χ0) is 6.41. The standard InChI is InChI=1S/C6H10N2/c1-2-3-4-6(8)5-7/h2-5,7H,8H2,1H3/b3-2-,6-4+,7-5?. The fourth-order valence-corrected chi connectivity index (χ4v) is 0.255. The summed E-state index contributed by atoms with van der Waals surface area (Å²) >= 11 is 0. The normalized spacial score (nSPS) is 12.4. The molecule has 44 valence electrons. The number of allylic oxidation sites excluding steroid dienone is 4. The Bertz CT molecular complexity index is 122. The number of hydrogen-bond donors (Lipinski definition) is 2. The minimum absolute atomic E-state index is 0.475. The van der Waals surface area contributed by atoms with Gasteiger partial charge in [-0.15, -0.1) is 0 Å². The highest BCUT2D eigenvalue weighted by molar-refractivity contribution is 5.74. The van der Waals surface area contributed by atoms with Gasteiger partial charge in [-0.2, -0.15) is 0 Å². The lowest BCUT2D eigenvalue weighted by Crippen LogP contribution is -1.95. The lowest BCUT2D eigenvalue weighted by atomic mass is 10.4. The van der Waals surface area contributed by atoms with Gasteiger partial charge in [0.1, 0.15) is 0 Å². The first-order valence-electron chi connectivity index (χ1n) is 2.40. The van der Waals surface area contributed by atoms with E-state index in [4.69, 9.17) is 11.1 Å². The summed E-state index contributed by atoms with van der Waals surface area (Å²) in [6, 6.07) is 0. The minimum Gasteiger partial charge on any atom is -0.398 e. The molecule has 0 aliphatic heterocycles. The van der Waals surface area contributed by atoms with Crippen LogP contribution >= 0.6 is 0 Å². The molecule has 0 aromatic carbocycles. The first kappa shape index (κ1) is 6.95. The molecule has 0 atom stereocenters. The van der Waals surface area contributed by atoms with Gasteiger partial charge in [0.15, 0.2) is 0 Å². The van der Waals surface area contributed by atoms with Crippen LogP contribution in [0.3, 0.4) is 0 Å². The van der Waals surface area contributed by atoms with E-state index >= 15 is 0 Å². The van der Waals surface area contributed by atoms with Crippen molar-refractivity contribution in [3.63, 3.8) is 0 Å². The van der Waals surface area contributed by atoms with Crippen LogP contribution in [-0.2, 0) is 0 Å². The Kier molecular flexibility index (Phi) is 3.58. The third-order valence-electron chi connectivity index (χ3n) is 0.648. The van der Waals surface area contributed by atoms with Crippen molar-refractivity contribution >= 4 is 6.21 Å². The maximum Gasteiger partial charge on any atom is 0.0492 e. The smallest absolute Gasteiger partial charge is 0.0492 e. The fourth-order valence-electron chi connectivity index (χ4n) is 0.255. The molecule has 2 nitrogen and oxygen atoms in total. The molecule has 0 aromatic heterocycles. The molecule has 0 heterocycles. The largest absolute Gasteiger partial charge is 0.398 e. The summed E-state index contributed by atoms with van der Waals surface area (Å²) in [6.07, 6.45) is 6.43. The Balaban J connectivity index is 3.74. The van der Waals surface area contributed by atoms with Gasteiger partial charge in [-0.1, -0.05) is 12.2 Å². The molecule has 0 amide bonds. The van der Waals surface area contributed by atoms with Gasteiger partial charge in [-0.3, -0.25) is 0 Å². The van der Waals surface area contributed by atoms with Crippen LogP contribution in [0.5, 0.6) is 0 Å². The molecular weight excluding hydrogens is 100 g/mol. The summed E-state index contributed by atoms with van der Waals surface area (Å²) < 4.78 is 0. The van der Waals surface area contributed by atoms with Crippen molar-refractivity contribution in [2.45, 2.75) is 6.92 Å². The van der Waals surface area contributed by atoms with E-state index in [1.807, 2.05) is 13.0 Å². The van der Waals surface area contributed by atoms with Crippen molar-refractivity contribution in [1.82, 2.24) is 0 Å². The summed E-state index contributed by atoms with van der Waals surface area (Å²) in [5, 5.41) is 6.63. The van der Waals surface area contributed by atoms with Crippen molar-refractivity contribution in [2.75, 3.05) is 0 Å². The van der Waals surface area contributed by atoms with E-state index in [0.717, 1.165) is 6.21 Å². The molecule has 0 radical (unpaired) electrons. The van der Waals surface area contributed by atoms with Gasteiger partial charge in [-0.25, -0.2) is 0 Å². The van der Waals surface area contributed by atoms with Gasteiger partial charge in [0.25, 0.3) is 0 Å². The summed E-state index contributed by atoms with van der Waals surface area (Å²) in [6.45, 7) is 1.90. The SMILES string of the molecule is C/C=C\C=C(\N)C=N. The minimum atomic E-state index is 0.475. The molecule has 0 aromatic rings. The van der Waals surface area contributed by atoms with Gasteiger partial charge in [-0.05, 0) is 13.0 Å². The second-order valence-corrected chi connectivity index (χ2v) is 1.34. The lowest BCUT2D eigenvalue weighted by molar-refractivity contribution is 1.44. The molecule has 3 N–H and O–H groups in total. The van der Waals surface area contributed by atoms with E-state index < -0.39 is 0 Å². The zero-order valence-electron chi connectivity index (χ0n) is 4.89. The van der Waals surface area contributed by atoms with Crippen molar-refractivity contribution < 1.29 is 0 Å². The number of nitrogens with one attached hydrogen (secondary N) is 1. The highest BCUT2D eigenvalue weighted by atomic mass is 14.6. The maximum atomic E-state index is 6.63. The van der Waals surface area contributed by atoms with Crippen molar-refractivity contribution in [3.8, 4) is 0 Å². The van der Waals surface area contributed by atoms with Crippen LogP contribution in [0.4, 0.5) is 0 Å². The molecule has 2 heteroatoms. The van der Waals surface area contributed by atoms with Crippen molar-refractivity contribution in [3.05, 3.63) is 23.9 Å². The third-order valence-corrected chi connectivity index (χ3v) is 0.648. The molecule has 0 saturated carbocycles. The third kappa shape index (κ3) is 3.15. The summed E-state index contributed by atoms with van der Waals surface area (Å²) in [4.78, 5) is 0. The van der Waals surface area contributed by atoms with Crippen LogP contribution in [0.2, 0.25) is 0 Å². The Labute approximate surface area is 49.2 Å². The lowest BCUT2D eigenvalue weighted by Gasteiger charge is -1.81. The monoisotopic (exact) mass is 110 g/mol. The Hall–Kier alpha value is -1.05. The van der Waals surface area contributed by atoms with Crippen LogP contribution in [-0.4, -0.2) is 6.21 Å². The summed E-state index contributed by atoms with van der Waals surface area (Å²) in [7, 11) is 0. The van der Waals surface area contributed by atoms with Gasteiger partial charge >= 0.3 is 0 Å². The van der Waals surface area contributed by atoms with E-state index in [1.54, 1.807) is 12.2 Å². The second kappa shape index (κ2) is 4.12. The Morgan fingerprint density at radius 3 is 2.62 bits per heavy atom. The van der Waals surface area contributed by atoms with Gasteiger partial charge in [0.2, 0.25) is 0 Å². The van der Waals surface area contributed by atoms with E-state index in [-0.39, 0.29) is 0 Å². The first-order chi connectivity index (χ1) is 3.81. The van der Waals surface area contributed by atoms with Crippen molar-refractivity contribution in [2.24, 2.45) is 5.73 Å². The average molecular weight is 110 g/mol. The molecular formula is C6H10N2. The Morgan fingerprint density at radius 1 is 1.62 bits per heavy atom. The number of rotatable bonds is 2. The topological polar surface area (TPSA) is 49.9 Å². The van der Waals surface area contributed by atoms with E-state index in [9.17, 15) is 0 Å². The molecule has 0 aliphatic carbocycles. The highest BCUT2D eigenvalue weighted by Crippen LogP contribution is 1.78. The average Bonchev–Trinajstić information content (AvgIpc) is 1.83. The van der Waals surface area contributed by atoms with Crippen LogP contribution in [0.15, 0.2) is 23.9 Å². The molecule has 0 unspecified atom stereocenters. The predicted octanol–water partition coefficient (Wildman–Crippen LogP) is 1.05. The molecule has 0 aliphatic rings. The van der Waals surface area contributed by atoms with Gasteiger partial charge in [0.05, 0.1) is 0 Å². The molecule has 0 rings (SSSR count). The van der Waals surface area contributed by atoms with Crippen LogP contribution in [0, 0.1) is 5.41 Å². The van der Waals surface area contributed by atoms with E-state index in [2.05, 4.69) is 0 Å². The quantitative estimate of drug-likeness (QED) is 0.405. The van der Waals surface area contributed by atoms with Gasteiger partial charge < -0.3 is 11.1 Å². The summed E-state index contributed by atoms with van der Waals surface area (Å²) in [5.41, 5.74) is 5.70. The zero-order valence-corrected chi connectivity index (χ0v) is 4.89. The van der Waals surface area contributed by atoms with Crippen LogP contribution in [0.25, 0.3) is 0 Å². The second-order valence-electron chi connectivity index (χ2n) is 1.34. The van der Waals surface area contributed by atoms with Crippen LogP contribution < -0.4 is 5.73 Å². The van der Waals surface area contributed by atoms with E-state index in [0.29, 0.717) is 5.70 Å². The maximum absolute atomic E-state index is 6.63. The molecule has 0 saturated heterocycles. The molecule has 0 spiro atoms. The molecule has 8 heavy (non-hydrogen) atoms. The van der Waals surface area contributed by atoms with Crippen molar-refractivity contribution in [1.29, 1.82) is 5.41 Å². The Morgan fingerprint density at radius 2 is 2.25 bits per heavy atom. The first-order valence-corrected chi connectivity index (χ1v) is 2.40. The molecule has 0 bridgehead atoms. The van der Waals surface area contributed by atoms with E-state index in [1.165, 1.54) is 0 Å². The fraction of sp³-hybridized carbons (Fsp3) is 0.167. The van der Waals surface area contributed by atoms with Crippen LogP contribution in [0.1, 0.15) is 6.92 Å². The number of hydrogen-bond acceptors (Lipinski definition) is 2. The predicted molar refractivity (Wildman–Crippen MR) is 35.9 cm³/mol. The highest BCUT2D eigenvalue weighted by Gasteiger charge is 1.72. The molecule has 0 fully saturated rings.